The van der Waals surface area contributed by atoms with Crippen LogP contribution in [0.3, 0.4) is 0 Å². The molecule has 1 aliphatic heterocycles. The lowest BCUT2D eigenvalue weighted by molar-refractivity contribution is -0.0554. The van der Waals surface area contributed by atoms with Crippen LogP contribution < -0.4 is 10.4 Å². The Hall–Kier alpha value is -3.73. The summed E-state index contributed by atoms with van der Waals surface area (Å²) in [6.45, 7) is 6.70. The van der Waals surface area contributed by atoms with Gasteiger partial charge >= 0.3 is 5.97 Å². The summed E-state index contributed by atoms with van der Waals surface area (Å²) in [4.78, 5) is 22.7. The Morgan fingerprint density at radius 1 is 1.06 bits per heavy atom. The number of hydrogen-bond donors (Lipinski definition) is 0. The van der Waals surface area contributed by atoms with Crippen LogP contribution in [-0.4, -0.2) is 43.8 Å². The summed E-state index contributed by atoms with van der Waals surface area (Å²) < 4.78 is 12.9. The normalized spacial score (nSPS) is 16.4. The molecule has 1 aliphatic rings. The molecule has 0 radical (unpaired) electrons. The molecule has 2 atom stereocenters. The molecule has 0 fully saturated rings. The number of aromatic nitrogens is 1. The van der Waals surface area contributed by atoms with Crippen molar-refractivity contribution < 1.29 is 18.8 Å². The number of terminal acetylenes is 1. The molecule has 36 heavy (non-hydrogen) atoms. The molecule has 2 unspecified atom stereocenters. The van der Waals surface area contributed by atoms with Gasteiger partial charge < -0.3 is 14.0 Å². The van der Waals surface area contributed by atoms with Gasteiger partial charge in [0.15, 0.2) is 12.2 Å². The lowest BCUT2D eigenvalue weighted by Crippen LogP contribution is -2.67. The Labute approximate surface area is 213 Å². The molecule has 7 heteroatoms. The molecule has 0 aliphatic carbocycles. The van der Waals surface area contributed by atoms with Crippen molar-refractivity contribution in [3.8, 4) is 12.3 Å². The van der Waals surface area contributed by atoms with E-state index in [1.807, 2.05) is 36.4 Å². The fourth-order valence-electron chi connectivity index (χ4n) is 4.55. The van der Waals surface area contributed by atoms with Crippen molar-refractivity contribution in [2.24, 2.45) is 5.16 Å². The van der Waals surface area contributed by atoms with Crippen LogP contribution in [0.25, 0.3) is 0 Å². The van der Waals surface area contributed by atoms with Crippen LogP contribution >= 0.6 is 0 Å². The molecule has 0 spiro atoms. The van der Waals surface area contributed by atoms with Crippen LogP contribution in [-0.2, 0) is 14.0 Å². The van der Waals surface area contributed by atoms with E-state index in [4.69, 9.17) is 20.4 Å². The number of ether oxygens (including phenoxy) is 1. The van der Waals surface area contributed by atoms with Crippen molar-refractivity contribution >= 4 is 30.4 Å². The highest BCUT2D eigenvalue weighted by molar-refractivity contribution is 6.99. The Morgan fingerprint density at radius 3 is 2.17 bits per heavy atom. The molecule has 0 saturated heterocycles. The number of oxime groups is 1. The van der Waals surface area contributed by atoms with Gasteiger partial charge in [-0.1, -0.05) is 98.6 Å². The van der Waals surface area contributed by atoms with Gasteiger partial charge in [-0.05, 0) is 27.5 Å². The van der Waals surface area contributed by atoms with E-state index in [-0.39, 0.29) is 17.3 Å². The third kappa shape index (κ3) is 5.25. The number of carbonyl (C=O) groups excluding carboxylic acids is 1. The summed E-state index contributed by atoms with van der Waals surface area (Å²) >= 11 is 0. The van der Waals surface area contributed by atoms with Gasteiger partial charge in [-0.3, -0.25) is 0 Å². The minimum atomic E-state index is -2.86. The van der Waals surface area contributed by atoms with Crippen LogP contribution in [0.1, 0.15) is 37.7 Å². The first kappa shape index (κ1) is 25.4. The summed E-state index contributed by atoms with van der Waals surface area (Å²) in [5.41, 5.74) is 0.688. The number of hydrogen-bond acceptors (Lipinski definition) is 6. The Kier molecular flexibility index (Phi) is 7.68. The van der Waals surface area contributed by atoms with Crippen LogP contribution in [0.15, 0.2) is 90.2 Å². The van der Waals surface area contributed by atoms with E-state index < -0.39 is 26.5 Å². The van der Waals surface area contributed by atoms with Crippen molar-refractivity contribution in [3.05, 3.63) is 90.8 Å². The van der Waals surface area contributed by atoms with E-state index in [1.54, 1.807) is 24.4 Å². The zero-order valence-corrected chi connectivity index (χ0v) is 21.8. The minimum Gasteiger partial charge on any atom is -0.451 e. The van der Waals surface area contributed by atoms with Gasteiger partial charge in [-0.25, -0.2) is 9.78 Å². The minimum absolute atomic E-state index is 0.115. The topological polar surface area (TPSA) is 70.0 Å². The van der Waals surface area contributed by atoms with E-state index in [2.05, 4.69) is 61.1 Å². The van der Waals surface area contributed by atoms with Crippen LogP contribution in [0.4, 0.5) is 0 Å². The van der Waals surface area contributed by atoms with Crippen LogP contribution in [0.2, 0.25) is 5.04 Å². The molecular formula is C29H30N2O4Si. The van der Waals surface area contributed by atoms with Crippen LogP contribution in [0, 0.1) is 12.3 Å². The summed E-state index contributed by atoms with van der Waals surface area (Å²) in [5.74, 6) is 1.97. The molecule has 184 valence electrons. The molecule has 3 aromatic rings. The average Bonchev–Trinajstić information content (AvgIpc) is 3.38. The molecule has 0 N–H and O–H groups in total. The maximum absolute atomic E-state index is 13.0. The first-order valence-electron chi connectivity index (χ1n) is 11.9. The number of pyridine rings is 1. The second kappa shape index (κ2) is 10.9. The van der Waals surface area contributed by atoms with E-state index in [0.29, 0.717) is 12.1 Å². The highest BCUT2D eigenvalue weighted by Crippen LogP contribution is 2.37. The highest BCUT2D eigenvalue weighted by atomic mass is 28.4. The fraction of sp³-hybridized carbons (Fsp3) is 0.276. The first-order chi connectivity index (χ1) is 17.3. The largest absolute Gasteiger partial charge is 0.451 e. The predicted octanol–water partition coefficient (Wildman–Crippen LogP) is 3.96. The lowest BCUT2D eigenvalue weighted by Gasteiger charge is -2.43. The lowest BCUT2D eigenvalue weighted by atomic mass is 10.1. The predicted molar refractivity (Wildman–Crippen MR) is 143 cm³/mol. The first-order valence-corrected chi connectivity index (χ1v) is 13.8. The van der Waals surface area contributed by atoms with Gasteiger partial charge in [0.25, 0.3) is 8.32 Å². The standard InChI is InChI=1S/C29H30N2O4Si/c1-5-22-20-26(35-31-22)27(34-28(32)25-18-12-13-19-30-25)21-33-36(29(2,3)4,23-14-8-6-9-15-23)24-16-10-7-11-17-24/h1,6-19,26-27H,20-21H2,2-4H3. The molecule has 0 saturated carbocycles. The Morgan fingerprint density at radius 2 is 1.67 bits per heavy atom. The van der Waals surface area contributed by atoms with Gasteiger partial charge in [-0.2, -0.15) is 0 Å². The monoisotopic (exact) mass is 498 g/mol. The van der Waals surface area contributed by atoms with E-state index >= 15 is 0 Å². The molecule has 1 aromatic heterocycles. The van der Waals surface area contributed by atoms with E-state index in [1.165, 1.54) is 0 Å². The maximum Gasteiger partial charge on any atom is 0.357 e. The van der Waals surface area contributed by atoms with Crippen LogP contribution in [0.5, 0.6) is 0 Å². The third-order valence-corrected chi connectivity index (χ3v) is 11.3. The van der Waals surface area contributed by atoms with Gasteiger partial charge in [-0.15, -0.1) is 6.42 Å². The summed E-state index contributed by atoms with van der Waals surface area (Å²) in [6, 6.07) is 25.7. The number of benzene rings is 2. The number of nitrogens with zero attached hydrogens (tertiary/aromatic N) is 2. The molecule has 0 amide bonds. The Bertz CT molecular complexity index is 1200. The Balaban J connectivity index is 1.70. The molecular weight excluding hydrogens is 468 g/mol. The summed E-state index contributed by atoms with van der Waals surface area (Å²) in [6.07, 6.45) is 6.16. The zero-order valence-electron chi connectivity index (χ0n) is 20.8. The molecule has 4 rings (SSSR count). The fourth-order valence-corrected chi connectivity index (χ4v) is 9.12. The molecule has 0 bridgehead atoms. The summed E-state index contributed by atoms with van der Waals surface area (Å²) in [7, 11) is -2.86. The second-order valence-corrected chi connectivity index (χ2v) is 14.0. The zero-order chi connectivity index (χ0) is 25.6. The van der Waals surface area contributed by atoms with E-state index in [9.17, 15) is 4.79 Å². The molecule has 6 nitrogen and oxygen atoms in total. The number of rotatable bonds is 8. The van der Waals surface area contributed by atoms with Gasteiger partial charge in [0, 0.05) is 12.6 Å². The number of esters is 1. The van der Waals surface area contributed by atoms with Gasteiger partial charge in [0.05, 0.1) is 6.61 Å². The van der Waals surface area contributed by atoms with Crippen molar-refractivity contribution in [2.75, 3.05) is 6.61 Å². The quantitative estimate of drug-likeness (QED) is 0.267. The second-order valence-electron chi connectivity index (χ2n) is 9.66. The van der Waals surface area contributed by atoms with Crippen molar-refractivity contribution in [2.45, 2.75) is 44.4 Å². The van der Waals surface area contributed by atoms with Gasteiger partial charge in [0.1, 0.15) is 11.4 Å². The average molecular weight is 499 g/mol. The third-order valence-electron chi connectivity index (χ3n) is 6.29. The van der Waals surface area contributed by atoms with Crippen molar-refractivity contribution in [1.82, 2.24) is 4.98 Å². The summed E-state index contributed by atoms with van der Waals surface area (Å²) in [5, 5.41) is 6.00. The smallest absolute Gasteiger partial charge is 0.357 e. The highest BCUT2D eigenvalue weighted by Gasteiger charge is 2.51. The maximum atomic E-state index is 13.0. The number of carbonyl (C=O) groups is 1. The van der Waals surface area contributed by atoms with Crippen molar-refractivity contribution in [3.63, 3.8) is 0 Å². The van der Waals surface area contributed by atoms with E-state index in [0.717, 1.165) is 10.4 Å². The SMILES string of the molecule is C#CC1=NOC(C(CO[Si](c2ccccc2)(c2ccccc2)C(C)(C)C)OC(=O)c2ccccn2)C1. The molecule has 2 aromatic carbocycles. The van der Waals surface area contributed by atoms with Crippen molar-refractivity contribution in [1.29, 1.82) is 0 Å². The van der Waals surface area contributed by atoms with Gasteiger partial charge in [0.2, 0.25) is 0 Å². The molecule has 2 heterocycles.